The van der Waals surface area contributed by atoms with Gasteiger partial charge in [0, 0.05) is 0 Å². The van der Waals surface area contributed by atoms with E-state index in [-0.39, 0.29) is 29.6 Å². The van der Waals surface area contributed by atoms with Crippen molar-refractivity contribution in [1.29, 1.82) is 0 Å². The summed E-state index contributed by atoms with van der Waals surface area (Å²) < 4.78 is 18.6. The lowest BCUT2D eigenvalue weighted by atomic mass is 10.1. The maximum absolute atomic E-state index is 13.7. The molecule has 0 aliphatic rings. The van der Waals surface area contributed by atoms with Crippen LogP contribution in [0.4, 0.5) is 9.18 Å². The second kappa shape index (κ2) is 7.68. The Morgan fingerprint density at radius 3 is 2.25 bits per heavy atom. The van der Waals surface area contributed by atoms with Crippen LogP contribution in [0, 0.1) is 5.82 Å². The highest BCUT2D eigenvalue weighted by atomic mass is 19.1. The molecule has 0 radical (unpaired) electrons. The lowest BCUT2D eigenvalue weighted by Crippen LogP contribution is -2.38. The van der Waals surface area contributed by atoms with Crippen LogP contribution in [0.15, 0.2) is 42.5 Å². The van der Waals surface area contributed by atoms with Crippen LogP contribution < -0.4 is 15.4 Å². The van der Waals surface area contributed by atoms with Gasteiger partial charge < -0.3 is 20.5 Å². The van der Waals surface area contributed by atoms with Crippen molar-refractivity contribution >= 4 is 6.03 Å². The third kappa shape index (κ3) is 4.38. The van der Waals surface area contributed by atoms with Crippen LogP contribution in [0.1, 0.15) is 37.1 Å². The van der Waals surface area contributed by atoms with Gasteiger partial charge in [-0.25, -0.2) is 9.18 Å². The van der Waals surface area contributed by atoms with Crippen LogP contribution >= 0.6 is 0 Å². The van der Waals surface area contributed by atoms with Crippen molar-refractivity contribution in [3.63, 3.8) is 0 Å². The molecule has 6 heteroatoms. The number of nitrogens with one attached hydrogen (secondary N) is 2. The number of hydrogen-bond acceptors (Lipinski definition) is 3. The van der Waals surface area contributed by atoms with Crippen molar-refractivity contribution < 1.29 is 19.0 Å². The molecule has 3 N–H and O–H groups in total. The van der Waals surface area contributed by atoms with Crippen LogP contribution in [0.5, 0.6) is 11.5 Å². The molecule has 0 spiro atoms. The Bertz CT molecular complexity index is 721. The van der Waals surface area contributed by atoms with Gasteiger partial charge in [-0.15, -0.1) is 0 Å². The minimum atomic E-state index is -0.475. The topological polar surface area (TPSA) is 70.6 Å². The zero-order chi connectivity index (χ0) is 17.7. The largest absolute Gasteiger partial charge is 0.508 e. The Hall–Kier alpha value is -2.76. The van der Waals surface area contributed by atoms with E-state index in [4.69, 9.17) is 4.74 Å². The molecule has 0 fully saturated rings. The number of phenols is 1. The van der Waals surface area contributed by atoms with Crippen LogP contribution in [0.2, 0.25) is 0 Å². The summed E-state index contributed by atoms with van der Waals surface area (Å²) in [4.78, 5) is 12.1. The number of halogens is 1. The Kier molecular flexibility index (Phi) is 5.63. The van der Waals surface area contributed by atoms with E-state index in [1.54, 1.807) is 31.2 Å². The molecule has 0 saturated heterocycles. The lowest BCUT2D eigenvalue weighted by molar-refractivity contribution is 0.235. The molecule has 0 aliphatic heterocycles. The quantitative estimate of drug-likeness (QED) is 0.782. The second-order valence-corrected chi connectivity index (χ2v) is 5.55. The first kappa shape index (κ1) is 17.6. The number of ether oxygens (including phenoxy) is 1. The molecule has 0 saturated carbocycles. The molecule has 24 heavy (non-hydrogen) atoms. The molecule has 0 aromatic heterocycles. The summed E-state index contributed by atoms with van der Waals surface area (Å²) in [5.41, 5.74) is 1.42. The highest BCUT2D eigenvalue weighted by molar-refractivity contribution is 5.75. The Labute approximate surface area is 140 Å². The first-order valence-electron chi connectivity index (χ1n) is 7.60. The van der Waals surface area contributed by atoms with Gasteiger partial charge in [0.25, 0.3) is 0 Å². The van der Waals surface area contributed by atoms with Crippen molar-refractivity contribution in [2.45, 2.75) is 25.9 Å². The van der Waals surface area contributed by atoms with Crippen LogP contribution in [-0.2, 0) is 0 Å². The molecular weight excluding hydrogens is 311 g/mol. The fourth-order valence-electron chi connectivity index (χ4n) is 2.35. The molecule has 2 aromatic carbocycles. The highest BCUT2D eigenvalue weighted by Gasteiger charge is 2.14. The van der Waals surface area contributed by atoms with E-state index in [1.807, 2.05) is 13.0 Å². The van der Waals surface area contributed by atoms with Crippen molar-refractivity contribution in [3.05, 3.63) is 59.4 Å². The van der Waals surface area contributed by atoms with Gasteiger partial charge in [0.15, 0.2) is 11.6 Å². The maximum Gasteiger partial charge on any atom is 0.315 e. The number of urea groups is 1. The zero-order valence-electron chi connectivity index (χ0n) is 13.8. The Balaban J connectivity index is 1.97. The summed E-state index contributed by atoms with van der Waals surface area (Å²) in [6.45, 7) is 3.58. The third-order valence-electron chi connectivity index (χ3n) is 3.74. The van der Waals surface area contributed by atoms with E-state index in [2.05, 4.69) is 10.6 Å². The molecule has 0 heterocycles. The molecule has 0 unspecified atom stereocenters. The zero-order valence-corrected chi connectivity index (χ0v) is 13.8. The number of hydrogen-bond donors (Lipinski definition) is 3. The predicted molar refractivity (Wildman–Crippen MR) is 89.6 cm³/mol. The average molecular weight is 332 g/mol. The minimum absolute atomic E-state index is 0.142. The predicted octanol–water partition coefficient (Wildman–Crippen LogP) is 3.66. The van der Waals surface area contributed by atoms with E-state index in [9.17, 15) is 14.3 Å². The van der Waals surface area contributed by atoms with E-state index in [0.717, 1.165) is 5.56 Å². The average Bonchev–Trinajstić information content (AvgIpc) is 2.54. The van der Waals surface area contributed by atoms with Gasteiger partial charge in [0.05, 0.1) is 19.2 Å². The molecule has 5 nitrogen and oxygen atoms in total. The van der Waals surface area contributed by atoms with E-state index < -0.39 is 5.82 Å². The summed E-state index contributed by atoms with van der Waals surface area (Å²) >= 11 is 0. The van der Waals surface area contributed by atoms with Gasteiger partial charge >= 0.3 is 6.03 Å². The SMILES string of the molecule is COc1ccc([C@@H](C)NC(=O)N[C@@H](C)c2cccc(O)c2)cc1F. The van der Waals surface area contributed by atoms with E-state index in [1.165, 1.54) is 19.2 Å². The number of methoxy groups -OCH3 is 1. The van der Waals surface area contributed by atoms with Gasteiger partial charge in [-0.3, -0.25) is 0 Å². The highest BCUT2D eigenvalue weighted by Crippen LogP contribution is 2.22. The molecular formula is C18H21FN2O3. The number of phenolic OH excluding ortho intramolecular Hbond substituents is 1. The van der Waals surface area contributed by atoms with Crippen LogP contribution in [0.25, 0.3) is 0 Å². The lowest BCUT2D eigenvalue weighted by Gasteiger charge is -2.19. The fourth-order valence-corrected chi connectivity index (χ4v) is 2.35. The number of benzene rings is 2. The van der Waals surface area contributed by atoms with Gasteiger partial charge in [-0.1, -0.05) is 18.2 Å². The standard InChI is InChI=1S/C18H21FN2O3/c1-11(13-5-4-6-15(22)9-13)20-18(23)21-12(2)14-7-8-17(24-3)16(19)10-14/h4-12,22H,1-3H3,(H2,20,21,23)/t11-,12+/m0/s1. The number of amides is 2. The summed E-state index contributed by atoms with van der Waals surface area (Å²) in [6.07, 6.45) is 0. The van der Waals surface area contributed by atoms with Crippen molar-refractivity contribution in [3.8, 4) is 11.5 Å². The third-order valence-corrected chi connectivity index (χ3v) is 3.74. The smallest absolute Gasteiger partial charge is 0.315 e. The normalized spacial score (nSPS) is 13.0. The maximum atomic E-state index is 13.7. The fraction of sp³-hybridized carbons (Fsp3) is 0.278. The Morgan fingerprint density at radius 1 is 1.08 bits per heavy atom. The number of rotatable bonds is 5. The number of carbonyl (C=O) groups is 1. The first-order chi connectivity index (χ1) is 11.4. The summed E-state index contributed by atoms with van der Waals surface area (Å²) in [5, 5.41) is 15.0. The minimum Gasteiger partial charge on any atom is -0.508 e. The van der Waals surface area contributed by atoms with Gasteiger partial charge in [0.2, 0.25) is 0 Å². The van der Waals surface area contributed by atoms with Gasteiger partial charge in [-0.05, 0) is 49.2 Å². The summed E-state index contributed by atoms with van der Waals surface area (Å²) in [6, 6.07) is 10.2. The molecule has 0 aliphatic carbocycles. The van der Waals surface area contributed by atoms with Crippen LogP contribution in [-0.4, -0.2) is 18.2 Å². The van der Waals surface area contributed by atoms with Crippen molar-refractivity contribution in [1.82, 2.24) is 10.6 Å². The van der Waals surface area contributed by atoms with Crippen LogP contribution in [0.3, 0.4) is 0 Å². The molecule has 2 atom stereocenters. The van der Waals surface area contributed by atoms with E-state index >= 15 is 0 Å². The van der Waals surface area contributed by atoms with Crippen molar-refractivity contribution in [2.75, 3.05) is 7.11 Å². The summed E-state index contributed by atoms with van der Waals surface area (Å²) in [7, 11) is 1.40. The molecule has 2 amide bonds. The van der Waals surface area contributed by atoms with Crippen molar-refractivity contribution in [2.24, 2.45) is 0 Å². The number of carbonyl (C=O) groups excluding carboxylic acids is 1. The molecule has 0 bridgehead atoms. The first-order valence-corrected chi connectivity index (χ1v) is 7.60. The number of aromatic hydroxyl groups is 1. The van der Waals surface area contributed by atoms with E-state index in [0.29, 0.717) is 5.56 Å². The molecule has 2 aromatic rings. The summed E-state index contributed by atoms with van der Waals surface area (Å²) in [5.74, 6) is -0.172. The van der Waals surface area contributed by atoms with Gasteiger partial charge in [-0.2, -0.15) is 0 Å². The monoisotopic (exact) mass is 332 g/mol. The molecule has 128 valence electrons. The second-order valence-electron chi connectivity index (χ2n) is 5.55. The molecule has 2 rings (SSSR count). The van der Waals surface area contributed by atoms with Gasteiger partial charge in [0.1, 0.15) is 5.75 Å². The Morgan fingerprint density at radius 2 is 1.71 bits per heavy atom.